The number of nitrogens with two attached hydrogens (primary N) is 1. The summed E-state index contributed by atoms with van der Waals surface area (Å²) in [6.45, 7) is 8.46. The summed E-state index contributed by atoms with van der Waals surface area (Å²) < 4.78 is 46.2. The summed E-state index contributed by atoms with van der Waals surface area (Å²) >= 11 is 0. The molecule has 0 amide bonds. The topological polar surface area (TPSA) is 131 Å². The van der Waals surface area contributed by atoms with Crippen molar-refractivity contribution in [3.63, 3.8) is 0 Å². The van der Waals surface area contributed by atoms with Crippen LogP contribution < -0.4 is 20.5 Å². The third-order valence-electron chi connectivity index (χ3n) is 7.04. The smallest absolute Gasteiger partial charge is 0.199 e. The van der Waals surface area contributed by atoms with E-state index in [1.807, 2.05) is 19.1 Å². The normalized spacial score (nSPS) is 14.2. The Bertz CT molecular complexity index is 1530. The lowest BCUT2D eigenvalue weighted by atomic mass is 10.1. The third-order valence-corrected chi connectivity index (χ3v) is 7.04. The second-order valence-corrected chi connectivity index (χ2v) is 10.3. The molecule has 4 rings (SSSR count). The first-order valence-corrected chi connectivity index (χ1v) is 15.4. The number of morpholine rings is 1. The quantitative estimate of drug-likeness (QED) is 0.133. The van der Waals surface area contributed by atoms with Crippen molar-refractivity contribution in [3.05, 3.63) is 95.6 Å². The van der Waals surface area contributed by atoms with E-state index in [1.54, 1.807) is 37.3 Å². The molecule has 0 radical (unpaired) electrons. The van der Waals surface area contributed by atoms with Gasteiger partial charge in [0.15, 0.2) is 17.4 Å². The molecule has 0 bridgehead atoms. The van der Waals surface area contributed by atoms with E-state index in [0.29, 0.717) is 35.9 Å². The first kappa shape index (κ1) is 34.2. The number of nitrogens with one attached hydrogen (secondary N) is 2. The minimum atomic E-state index is -0.727. The molecule has 46 heavy (non-hydrogen) atoms. The van der Waals surface area contributed by atoms with Crippen molar-refractivity contribution < 1.29 is 23.0 Å². The molecule has 1 aromatic heterocycles. The number of benzene rings is 2. The molecule has 0 unspecified atom stereocenters. The van der Waals surface area contributed by atoms with Crippen LogP contribution in [0.25, 0.3) is 0 Å². The van der Waals surface area contributed by atoms with Crippen LogP contribution in [0, 0.1) is 17.0 Å². The Balaban J connectivity index is 1.57. The van der Waals surface area contributed by atoms with Crippen molar-refractivity contribution in [3.8, 4) is 11.5 Å². The Hall–Kier alpha value is -4.68. The van der Waals surface area contributed by atoms with Gasteiger partial charge < -0.3 is 25.3 Å². The number of aromatic nitrogens is 2. The molecular formula is C34H41F2N7O3. The lowest BCUT2D eigenvalue weighted by Crippen LogP contribution is -2.37. The number of para-hydroxylation sites is 1. The molecule has 1 aliphatic heterocycles. The molecule has 0 atom stereocenters. The molecule has 1 aliphatic rings. The lowest BCUT2D eigenvalue weighted by molar-refractivity contribution is 0.0358. The van der Waals surface area contributed by atoms with Crippen molar-refractivity contribution in [2.24, 2.45) is 10.7 Å². The lowest BCUT2D eigenvalue weighted by Gasteiger charge is -2.26. The minimum absolute atomic E-state index is 0.00827. The van der Waals surface area contributed by atoms with Gasteiger partial charge in [0, 0.05) is 55.1 Å². The van der Waals surface area contributed by atoms with Gasteiger partial charge in [0.2, 0.25) is 0 Å². The standard InChI is InChI=1S/C34H41F2N7O3/c1-3-5-9-24(12-13-37)41-33-31(46-17-8-14-43-15-18-44-19-16-43)23-40-34(42-33)32(38)26-10-6-7-11-30(26)39-22-27-28(35)20-25(45-4-2)21-29(27)36/h5-7,9-13,20-21,23,38-39H,3-4,8,14-19,22,37H2,1-2H3. The van der Waals surface area contributed by atoms with E-state index in [2.05, 4.69) is 25.2 Å². The molecule has 1 saturated heterocycles. The Morgan fingerprint density at radius 1 is 1.13 bits per heavy atom. The highest BCUT2D eigenvalue weighted by molar-refractivity contribution is 6.12. The Labute approximate surface area is 268 Å². The number of anilines is 1. The summed E-state index contributed by atoms with van der Waals surface area (Å²) in [5.41, 5.74) is 7.00. The molecule has 4 N–H and O–H groups in total. The van der Waals surface area contributed by atoms with Gasteiger partial charge in [-0.1, -0.05) is 31.2 Å². The largest absolute Gasteiger partial charge is 0.494 e. The summed E-state index contributed by atoms with van der Waals surface area (Å²) in [7, 11) is 0. The molecule has 1 fully saturated rings. The molecule has 3 aromatic rings. The van der Waals surface area contributed by atoms with E-state index < -0.39 is 11.6 Å². The second-order valence-electron chi connectivity index (χ2n) is 10.3. The fraction of sp³-hybridized carbons (Fsp3) is 0.353. The summed E-state index contributed by atoms with van der Waals surface area (Å²) in [6.07, 6.45) is 9.93. The molecule has 12 heteroatoms. The predicted molar refractivity (Wildman–Crippen MR) is 176 cm³/mol. The van der Waals surface area contributed by atoms with Gasteiger partial charge in [-0.05, 0) is 44.2 Å². The highest BCUT2D eigenvalue weighted by Crippen LogP contribution is 2.28. The van der Waals surface area contributed by atoms with Crippen LogP contribution in [0.5, 0.6) is 11.5 Å². The third kappa shape index (κ3) is 9.66. The van der Waals surface area contributed by atoms with Crippen molar-refractivity contribution in [1.82, 2.24) is 14.9 Å². The van der Waals surface area contributed by atoms with Crippen molar-refractivity contribution >= 4 is 22.9 Å². The highest BCUT2D eigenvalue weighted by Gasteiger charge is 2.18. The van der Waals surface area contributed by atoms with E-state index in [0.717, 1.165) is 57.8 Å². The Morgan fingerprint density at radius 3 is 2.61 bits per heavy atom. The Morgan fingerprint density at radius 2 is 1.89 bits per heavy atom. The fourth-order valence-corrected chi connectivity index (χ4v) is 4.71. The highest BCUT2D eigenvalue weighted by atomic mass is 19.1. The van der Waals surface area contributed by atoms with Crippen LogP contribution in [0.1, 0.15) is 43.6 Å². The summed E-state index contributed by atoms with van der Waals surface area (Å²) in [6, 6.07) is 9.27. The second kappa shape index (κ2) is 17.7. The molecule has 244 valence electrons. The number of aliphatic imine (C=N–C) groups is 1. The minimum Gasteiger partial charge on any atom is -0.494 e. The van der Waals surface area contributed by atoms with Crippen molar-refractivity contribution in [2.45, 2.75) is 33.2 Å². The van der Waals surface area contributed by atoms with Crippen LogP contribution >= 0.6 is 0 Å². The van der Waals surface area contributed by atoms with E-state index in [4.69, 9.17) is 25.4 Å². The number of allylic oxidation sites excluding steroid dienone is 3. The SMILES string of the molecule is CCC=CC(C=CN)=Nc1nc(C(=N)c2ccccc2NCc2c(F)cc(OCC)cc2F)ncc1OCCCN1CCOCC1. The van der Waals surface area contributed by atoms with Crippen molar-refractivity contribution in [1.29, 1.82) is 5.41 Å². The van der Waals surface area contributed by atoms with Gasteiger partial charge in [0.25, 0.3) is 0 Å². The van der Waals surface area contributed by atoms with E-state index in [-0.39, 0.29) is 35.2 Å². The number of ether oxygens (including phenoxy) is 3. The Kier molecular flexibility index (Phi) is 13.2. The maximum absolute atomic E-state index is 14.7. The predicted octanol–water partition coefficient (Wildman–Crippen LogP) is 5.79. The monoisotopic (exact) mass is 633 g/mol. The molecule has 10 nitrogen and oxygen atoms in total. The van der Waals surface area contributed by atoms with Crippen LogP contribution in [0.15, 0.2) is 72.0 Å². The van der Waals surface area contributed by atoms with Crippen LogP contribution in [0.3, 0.4) is 0 Å². The van der Waals surface area contributed by atoms with Gasteiger partial charge in [0.1, 0.15) is 23.1 Å². The molecule has 2 aromatic carbocycles. The zero-order valence-electron chi connectivity index (χ0n) is 26.3. The number of hydrogen-bond donors (Lipinski definition) is 3. The van der Waals surface area contributed by atoms with Crippen LogP contribution in [-0.4, -0.2) is 72.4 Å². The first-order chi connectivity index (χ1) is 22.4. The maximum atomic E-state index is 14.7. The summed E-state index contributed by atoms with van der Waals surface area (Å²) in [5.74, 6) is -0.608. The number of halogens is 2. The summed E-state index contributed by atoms with van der Waals surface area (Å²) in [4.78, 5) is 16.1. The number of rotatable bonds is 16. The zero-order chi connectivity index (χ0) is 32.7. The molecular weight excluding hydrogens is 592 g/mol. The summed E-state index contributed by atoms with van der Waals surface area (Å²) in [5, 5.41) is 12.1. The van der Waals surface area contributed by atoms with Gasteiger partial charge in [-0.3, -0.25) is 10.3 Å². The van der Waals surface area contributed by atoms with Crippen molar-refractivity contribution in [2.75, 3.05) is 51.4 Å². The van der Waals surface area contributed by atoms with Crippen LogP contribution in [0.4, 0.5) is 20.3 Å². The fourth-order valence-electron chi connectivity index (χ4n) is 4.71. The molecule has 0 aliphatic carbocycles. The average Bonchev–Trinajstić information content (AvgIpc) is 3.06. The van der Waals surface area contributed by atoms with Gasteiger partial charge in [-0.25, -0.2) is 23.7 Å². The van der Waals surface area contributed by atoms with Gasteiger partial charge in [0.05, 0.1) is 38.3 Å². The van der Waals surface area contributed by atoms with Gasteiger partial charge in [-0.2, -0.15) is 0 Å². The van der Waals surface area contributed by atoms with Gasteiger partial charge in [-0.15, -0.1) is 0 Å². The number of hydrogen-bond acceptors (Lipinski definition) is 10. The van der Waals surface area contributed by atoms with Crippen LogP contribution in [-0.2, 0) is 11.3 Å². The van der Waals surface area contributed by atoms with Crippen LogP contribution in [0.2, 0.25) is 0 Å². The van der Waals surface area contributed by atoms with E-state index in [9.17, 15) is 8.78 Å². The average molecular weight is 634 g/mol. The van der Waals surface area contributed by atoms with E-state index >= 15 is 0 Å². The molecule has 0 spiro atoms. The molecule has 2 heterocycles. The number of nitrogens with zero attached hydrogens (tertiary/aromatic N) is 4. The maximum Gasteiger partial charge on any atom is 0.199 e. The molecule has 0 saturated carbocycles. The first-order valence-electron chi connectivity index (χ1n) is 15.4. The van der Waals surface area contributed by atoms with Gasteiger partial charge >= 0.3 is 0 Å². The zero-order valence-corrected chi connectivity index (χ0v) is 26.3. The van der Waals surface area contributed by atoms with E-state index in [1.165, 1.54) is 12.4 Å².